The Morgan fingerprint density at radius 3 is 2.55 bits per heavy atom. The van der Waals surface area contributed by atoms with E-state index in [0.717, 1.165) is 19.4 Å². The molecule has 1 amide bonds. The minimum atomic E-state index is -0.230. The monoisotopic (exact) mass is 288 g/mol. The molecule has 0 aromatic rings. The Labute approximate surface area is 121 Å². The Bertz CT molecular complexity index is 272. The van der Waals surface area contributed by atoms with E-state index in [2.05, 4.69) is 12.2 Å². The summed E-state index contributed by atoms with van der Waals surface area (Å²) < 4.78 is 4.80. The smallest absolute Gasteiger partial charge is 0.305 e. The van der Waals surface area contributed by atoms with Gasteiger partial charge in [-0.3, -0.25) is 14.5 Å². The second-order valence-electron chi connectivity index (χ2n) is 4.61. The van der Waals surface area contributed by atoms with Crippen molar-refractivity contribution in [3.05, 3.63) is 0 Å². The molecule has 0 aliphatic carbocycles. The molecule has 0 aromatic carbocycles. The molecule has 0 unspecified atom stereocenters. The fraction of sp³-hybridized carbons (Fsp3) is 0.857. The number of hydrogen-bond acceptors (Lipinski definition) is 5. The molecule has 0 fully saturated rings. The number of esters is 1. The molecule has 0 radical (unpaired) electrons. The maximum atomic E-state index is 11.7. The van der Waals surface area contributed by atoms with Gasteiger partial charge in [0.1, 0.15) is 0 Å². The standard InChI is InChI=1S/C14H28N2O4/c1-3-5-9-16(10-11-17)12-13(18)15-8-6-7-14(19)20-4-2/h17H,3-12H2,1-2H3,(H,15,18). The lowest BCUT2D eigenvalue weighted by molar-refractivity contribution is -0.143. The minimum Gasteiger partial charge on any atom is -0.466 e. The first-order valence-electron chi connectivity index (χ1n) is 7.39. The van der Waals surface area contributed by atoms with Crippen LogP contribution in [-0.4, -0.2) is 61.3 Å². The van der Waals surface area contributed by atoms with E-state index in [1.165, 1.54) is 0 Å². The topological polar surface area (TPSA) is 78.9 Å². The third kappa shape index (κ3) is 10.8. The zero-order chi connectivity index (χ0) is 15.2. The number of carbonyl (C=O) groups is 2. The molecule has 0 heterocycles. The normalized spacial score (nSPS) is 10.6. The summed E-state index contributed by atoms with van der Waals surface area (Å²) in [4.78, 5) is 24.7. The van der Waals surface area contributed by atoms with E-state index in [9.17, 15) is 9.59 Å². The van der Waals surface area contributed by atoms with Crippen molar-refractivity contribution in [3.8, 4) is 0 Å². The Hall–Kier alpha value is -1.14. The molecule has 118 valence electrons. The summed E-state index contributed by atoms with van der Waals surface area (Å²) in [7, 11) is 0. The van der Waals surface area contributed by atoms with E-state index in [0.29, 0.717) is 39.1 Å². The van der Waals surface area contributed by atoms with Gasteiger partial charge in [-0.2, -0.15) is 0 Å². The predicted octanol–water partition coefficient (Wildman–Crippen LogP) is 0.540. The van der Waals surface area contributed by atoms with Crippen LogP contribution in [0.15, 0.2) is 0 Å². The Morgan fingerprint density at radius 1 is 1.20 bits per heavy atom. The van der Waals surface area contributed by atoms with Crippen LogP contribution in [0.1, 0.15) is 39.5 Å². The highest BCUT2D eigenvalue weighted by Gasteiger charge is 2.09. The number of hydrogen-bond donors (Lipinski definition) is 2. The van der Waals surface area contributed by atoms with Crippen molar-refractivity contribution < 1.29 is 19.4 Å². The molecule has 0 bridgehead atoms. The molecule has 0 rings (SSSR count). The largest absolute Gasteiger partial charge is 0.466 e. The van der Waals surface area contributed by atoms with Gasteiger partial charge in [-0.25, -0.2) is 0 Å². The Balaban J connectivity index is 3.75. The highest BCUT2D eigenvalue weighted by atomic mass is 16.5. The second kappa shape index (κ2) is 12.9. The van der Waals surface area contributed by atoms with E-state index in [4.69, 9.17) is 9.84 Å². The highest BCUT2D eigenvalue weighted by Crippen LogP contribution is 1.95. The van der Waals surface area contributed by atoms with Gasteiger partial charge in [0.2, 0.25) is 5.91 Å². The number of aliphatic hydroxyl groups is 1. The molecule has 6 nitrogen and oxygen atoms in total. The molecule has 0 aromatic heterocycles. The molecule has 6 heteroatoms. The SMILES string of the molecule is CCCCN(CCO)CC(=O)NCCCC(=O)OCC. The van der Waals surface area contributed by atoms with Crippen molar-refractivity contribution in [1.82, 2.24) is 10.2 Å². The lowest BCUT2D eigenvalue weighted by Crippen LogP contribution is -2.39. The van der Waals surface area contributed by atoms with Crippen molar-refractivity contribution in [2.45, 2.75) is 39.5 Å². The summed E-state index contributed by atoms with van der Waals surface area (Å²) in [6, 6.07) is 0. The first kappa shape index (κ1) is 18.9. The van der Waals surface area contributed by atoms with E-state index in [-0.39, 0.29) is 18.5 Å². The molecule has 20 heavy (non-hydrogen) atoms. The quantitative estimate of drug-likeness (QED) is 0.405. The summed E-state index contributed by atoms with van der Waals surface area (Å²) in [5.74, 6) is -0.301. The van der Waals surface area contributed by atoms with E-state index >= 15 is 0 Å². The predicted molar refractivity (Wildman–Crippen MR) is 77.3 cm³/mol. The Morgan fingerprint density at radius 2 is 1.95 bits per heavy atom. The molecular weight excluding hydrogens is 260 g/mol. The molecule has 0 saturated heterocycles. The number of ether oxygens (including phenoxy) is 1. The van der Waals surface area contributed by atoms with Gasteiger partial charge < -0.3 is 15.2 Å². The maximum absolute atomic E-state index is 11.7. The number of amides is 1. The third-order valence-electron chi connectivity index (χ3n) is 2.80. The molecule has 0 aliphatic heterocycles. The third-order valence-corrected chi connectivity index (χ3v) is 2.80. The van der Waals surface area contributed by atoms with Gasteiger partial charge in [0.25, 0.3) is 0 Å². The van der Waals surface area contributed by atoms with E-state index in [1.54, 1.807) is 6.92 Å². The van der Waals surface area contributed by atoms with Crippen LogP contribution in [0.25, 0.3) is 0 Å². The lowest BCUT2D eigenvalue weighted by atomic mass is 10.3. The lowest BCUT2D eigenvalue weighted by Gasteiger charge is -2.20. The van der Waals surface area contributed by atoms with Gasteiger partial charge >= 0.3 is 5.97 Å². The van der Waals surface area contributed by atoms with Gasteiger partial charge in [0.15, 0.2) is 0 Å². The van der Waals surface area contributed by atoms with Crippen LogP contribution in [0.4, 0.5) is 0 Å². The molecular formula is C14H28N2O4. The van der Waals surface area contributed by atoms with Crippen LogP contribution in [0.3, 0.4) is 0 Å². The summed E-state index contributed by atoms with van der Waals surface area (Å²) in [6.07, 6.45) is 2.98. The molecule has 0 spiro atoms. The van der Waals surface area contributed by atoms with E-state index in [1.807, 2.05) is 4.90 Å². The first-order valence-corrected chi connectivity index (χ1v) is 7.39. The number of rotatable bonds is 12. The van der Waals surface area contributed by atoms with Crippen LogP contribution in [0.2, 0.25) is 0 Å². The van der Waals surface area contributed by atoms with Crippen LogP contribution in [0, 0.1) is 0 Å². The van der Waals surface area contributed by atoms with Gasteiger partial charge in [-0.05, 0) is 26.3 Å². The maximum Gasteiger partial charge on any atom is 0.305 e. The molecule has 0 saturated carbocycles. The van der Waals surface area contributed by atoms with Crippen LogP contribution >= 0.6 is 0 Å². The van der Waals surface area contributed by atoms with Gasteiger partial charge in [-0.1, -0.05) is 13.3 Å². The zero-order valence-corrected chi connectivity index (χ0v) is 12.7. The Kier molecular flexibility index (Phi) is 12.1. The van der Waals surface area contributed by atoms with Crippen LogP contribution in [0.5, 0.6) is 0 Å². The fourth-order valence-electron chi connectivity index (χ4n) is 1.75. The summed E-state index contributed by atoms with van der Waals surface area (Å²) in [6.45, 7) is 6.39. The number of carbonyl (C=O) groups excluding carboxylic acids is 2. The van der Waals surface area contributed by atoms with Crippen molar-refractivity contribution in [3.63, 3.8) is 0 Å². The van der Waals surface area contributed by atoms with Crippen molar-refractivity contribution in [1.29, 1.82) is 0 Å². The van der Waals surface area contributed by atoms with Crippen molar-refractivity contribution in [2.24, 2.45) is 0 Å². The summed E-state index contributed by atoms with van der Waals surface area (Å²) >= 11 is 0. The zero-order valence-electron chi connectivity index (χ0n) is 12.7. The van der Waals surface area contributed by atoms with Crippen molar-refractivity contribution >= 4 is 11.9 Å². The summed E-state index contributed by atoms with van der Waals surface area (Å²) in [5, 5.41) is 11.7. The van der Waals surface area contributed by atoms with Crippen LogP contribution < -0.4 is 5.32 Å². The average Bonchev–Trinajstić information content (AvgIpc) is 2.41. The average molecular weight is 288 g/mol. The fourth-order valence-corrected chi connectivity index (χ4v) is 1.75. The van der Waals surface area contributed by atoms with Crippen LogP contribution in [-0.2, 0) is 14.3 Å². The summed E-state index contributed by atoms with van der Waals surface area (Å²) in [5.41, 5.74) is 0. The highest BCUT2D eigenvalue weighted by molar-refractivity contribution is 5.78. The molecule has 2 N–H and O–H groups in total. The minimum absolute atomic E-state index is 0.0554. The van der Waals surface area contributed by atoms with Gasteiger partial charge in [0, 0.05) is 19.5 Å². The number of nitrogens with zero attached hydrogens (tertiary/aromatic N) is 1. The van der Waals surface area contributed by atoms with Gasteiger partial charge in [0.05, 0.1) is 19.8 Å². The first-order chi connectivity index (χ1) is 9.63. The van der Waals surface area contributed by atoms with E-state index < -0.39 is 0 Å². The van der Waals surface area contributed by atoms with Gasteiger partial charge in [-0.15, -0.1) is 0 Å². The molecule has 0 aliphatic rings. The number of aliphatic hydroxyl groups excluding tert-OH is 1. The number of unbranched alkanes of at least 4 members (excludes halogenated alkanes) is 1. The second-order valence-corrected chi connectivity index (χ2v) is 4.61. The molecule has 0 atom stereocenters. The number of nitrogens with one attached hydrogen (secondary N) is 1. The van der Waals surface area contributed by atoms with Crippen molar-refractivity contribution in [2.75, 3.05) is 39.4 Å².